The van der Waals surface area contributed by atoms with Crippen LogP contribution in [0.3, 0.4) is 0 Å². The third-order valence-electron chi connectivity index (χ3n) is 1.36. The van der Waals surface area contributed by atoms with E-state index in [9.17, 15) is 0 Å². The summed E-state index contributed by atoms with van der Waals surface area (Å²) in [5.41, 5.74) is 5.45. The summed E-state index contributed by atoms with van der Waals surface area (Å²) in [5.74, 6) is 1.94. The molecule has 0 bridgehead atoms. The van der Waals surface area contributed by atoms with Gasteiger partial charge < -0.3 is 5.73 Å². The number of halogens is 1. The first kappa shape index (κ1) is 9.25. The van der Waals surface area contributed by atoms with Crippen molar-refractivity contribution in [2.24, 2.45) is 17.6 Å². The van der Waals surface area contributed by atoms with Crippen LogP contribution in [-0.2, 0) is 0 Å². The van der Waals surface area contributed by atoms with E-state index in [0.29, 0.717) is 11.8 Å². The van der Waals surface area contributed by atoms with Crippen molar-refractivity contribution in [3.05, 3.63) is 0 Å². The van der Waals surface area contributed by atoms with Crippen molar-refractivity contribution >= 4 is 11.6 Å². The van der Waals surface area contributed by atoms with Crippen LogP contribution in [0, 0.1) is 11.8 Å². The minimum atomic E-state index is 0.520. The van der Waals surface area contributed by atoms with E-state index in [-0.39, 0.29) is 0 Å². The maximum Gasteiger partial charge on any atom is 0.0263 e. The van der Waals surface area contributed by atoms with Crippen LogP contribution in [-0.4, -0.2) is 12.4 Å². The number of alkyl halides is 1. The molecule has 0 aromatic carbocycles. The smallest absolute Gasteiger partial charge is 0.0263 e. The van der Waals surface area contributed by atoms with Gasteiger partial charge in [-0.15, -0.1) is 11.6 Å². The van der Waals surface area contributed by atoms with E-state index in [1.165, 1.54) is 0 Å². The Labute approximate surface area is 62.6 Å². The molecule has 0 aliphatic carbocycles. The zero-order chi connectivity index (χ0) is 7.28. The Balaban J connectivity index is 3.31. The lowest BCUT2D eigenvalue weighted by Crippen LogP contribution is -2.17. The highest BCUT2D eigenvalue weighted by Crippen LogP contribution is 2.11. The molecule has 0 saturated carbocycles. The lowest BCUT2D eigenvalue weighted by molar-refractivity contribution is 0.451. The summed E-state index contributed by atoms with van der Waals surface area (Å²) in [6, 6.07) is 0. The van der Waals surface area contributed by atoms with Crippen LogP contribution < -0.4 is 5.73 Å². The third kappa shape index (κ3) is 4.73. The van der Waals surface area contributed by atoms with Gasteiger partial charge in [0.25, 0.3) is 0 Å². The van der Waals surface area contributed by atoms with Gasteiger partial charge in [-0.3, -0.25) is 0 Å². The average molecular weight is 150 g/mol. The summed E-state index contributed by atoms with van der Waals surface area (Å²) in [5, 5.41) is 0. The summed E-state index contributed by atoms with van der Waals surface area (Å²) < 4.78 is 0. The summed E-state index contributed by atoms with van der Waals surface area (Å²) >= 11 is 5.63. The van der Waals surface area contributed by atoms with Gasteiger partial charge in [-0.25, -0.2) is 0 Å². The molecule has 0 radical (unpaired) electrons. The largest absolute Gasteiger partial charge is 0.330 e. The predicted molar refractivity (Wildman–Crippen MR) is 42.7 cm³/mol. The first-order valence-corrected chi connectivity index (χ1v) is 4.00. The second-order valence-electron chi connectivity index (χ2n) is 2.89. The fourth-order valence-electron chi connectivity index (χ4n) is 0.889. The molecule has 0 spiro atoms. The van der Waals surface area contributed by atoms with Gasteiger partial charge in [0.2, 0.25) is 0 Å². The number of hydrogen-bond donors (Lipinski definition) is 1. The Morgan fingerprint density at radius 2 is 2.00 bits per heavy atom. The minimum Gasteiger partial charge on any atom is -0.330 e. The fourth-order valence-corrected chi connectivity index (χ4v) is 1.14. The van der Waals surface area contributed by atoms with Gasteiger partial charge in [-0.1, -0.05) is 13.8 Å². The van der Waals surface area contributed by atoms with Crippen LogP contribution in [0.4, 0.5) is 0 Å². The van der Waals surface area contributed by atoms with Gasteiger partial charge in [-0.05, 0) is 24.8 Å². The van der Waals surface area contributed by atoms with Crippen LogP contribution in [0.2, 0.25) is 0 Å². The van der Waals surface area contributed by atoms with Gasteiger partial charge in [0.05, 0.1) is 0 Å². The highest BCUT2D eigenvalue weighted by molar-refractivity contribution is 6.18. The highest BCUT2D eigenvalue weighted by atomic mass is 35.5. The van der Waals surface area contributed by atoms with Crippen LogP contribution in [0.25, 0.3) is 0 Å². The zero-order valence-electron chi connectivity index (χ0n) is 6.23. The molecule has 0 rings (SSSR count). The molecule has 2 heteroatoms. The third-order valence-corrected chi connectivity index (χ3v) is 1.79. The Morgan fingerprint density at radius 1 is 1.44 bits per heavy atom. The molecular weight excluding hydrogens is 134 g/mol. The highest BCUT2D eigenvalue weighted by Gasteiger charge is 2.05. The molecule has 0 aromatic rings. The van der Waals surface area contributed by atoms with Crippen molar-refractivity contribution in [2.45, 2.75) is 20.3 Å². The Hall–Kier alpha value is 0.250. The molecule has 9 heavy (non-hydrogen) atoms. The van der Waals surface area contributed by atoms with Crippen LogP contribution in [0.1, 0.15) is 20.3 Å². The van der Waals surface area contributed by atoms with Gasteiger partial charge in [-0.2, -0.15) is 0 Å². The Bertz CT molecular complexity index is 59.9. The number of rotatable bonds is 4. The summed E-state index contributed by atoms with van der Waals surface area (Å²) in [6.07, 6.45) is 1.15. The lowest BCUT2D eigenvalue weighted by atomic mass is 9.99. The topological polar surface area (TPSA) is 26.0 Å². The van der Waals surface area contributed by atoms with Crippen molar-refractivity contribution in [1.29, 1.82) is 0 Å². The van der Waals surface area contributed by atoms with E-state index >= 15 is 0 Å². The summed E-state index contributed by atoms with van der Waals surface area (Å²) in [7, 11) is 0. The first-order chi connectivity index (χ1) is 4.20. The zero-order valence-corrected chi connectivity index (χ0v) is 6.99. The number of hydrogen-bond acceptors (Lipinski definition) is 1. The SMILES string of the molecule is CC(C)CC(CN)CCl. The monoisotopic (exact) mass is 149 g/mol. The minimum absolute atomic E-state index is 0.520. The molecule has 1 atom stereocenters. The molecule has 0 heterocycles. The average Bonchev–Trinajstić information content (AvgIpc) is 1.82. The van der Waals surface area contributed by atoms with E-state index in [4.69, 9.17) is 17.3 Å². The standard InChI is InChI=1S/C7H16ClN/c1-6(2)3-7(4-8)5-9/h6-7H,3-5,9H2,1-2H3. The molecule has 0 amide bonds. The molecule has 2 N–H and O–H groups in total. The molecule has 0 aliphatic heterocycles. The van der Waals surface area contributed by atoms with E-state index in [2.05, 4.69) is 13.8 Å². The van der Waals surface area contributed by atoms with Gasteiger partial charge in [0.15, 0.2) is 0 Å². The van der Waals surface area contributed by atoms with E-state index in [1.807, 2.05) is 0 Å². The quantitative estimate of drug-likeness (QED) is 0.607. The first-order valence-electron chi connectivity index (χ1n) is 3.46. The van der Waals surface area contributed by atoms with E-state index < -0.39 is 0 Å². The van der Waals surface area contributed by atoms with Crippen LogP contribution in [0.5, 0.6) is 0 Å². The molecule has 0 aromatic heterocycles. The second-order valence-corrected chi connectivity index (χ2v) is 3.19. The molecule has 1 unspecified atom stereocenters. The van der Waals surface area contributed by atoms with Crippen LogP contribution in [0.15, 0.2) is 0 Å². The Morgan fingerprint density at radius 3 is 2.11 bits per heavy atom. The maximum absolute atomic E-state index is 5.63. The lowest BCUT2D eigenvalue weighted by Gasteiger charge is -2.12. The van der Waals surface area contributed by atoms with E-state index in [1.54, 1.807) is 0 Å². The normalized spacial score (nSPS) is 14.3. The van der Waals surface area contributed by atoms with Gasteiger partial charge in [0, 0.05) is 5.88 Å². The molecule has 56 valence electrons. The second kappa shape index (κ2) is 5.07. The molecular formula is C7H16ClN. The van der Waals surface area contributed by atoms with Gasteiger partial charge >= 0.3 is 0 Å². The summed E-state index contributed by atoms with van der Waals surface area (Å²) in [6.45, 7) is 5.10. The molecule has 0 fully saturated rings. The molecule has 0 saturated heterocycles. The Kier molecular flexibility index (Phi) is 5.21. The van der Waals surface area contributed by atoms with Crippen molar-refractivity contribution in [1.82, 2.24) is 0 Å². The fraction of sp³-hybridized carbons (Fsp3) is 1.00. The number of nitrogens with two attached hydrogens (primary N) is 1. The van der Waals surface area contributed by atoms with Crippen molar-refractivity contribution in [3.63, 3.8) is 0 Å². The van der Waals surface area contributed by atoms with Crippen molar-refractivity contribution in [3.8, 4) is 0 Å². The van der Waals surface area contributed by atoms with Crippen molar-refractivity contribution in [2.75, 3.05) is 12.4 Å². The molecule has 0 aliphatic rings. The van der Waals surface area contributed by atoms with Gasteiger partial charge in [0.1, 0.15) is 0 Å². The van der Waals surface area contributed by atoms with Crippen molar-refractivity contribution < 1.29 is 0 Å². The maximum atomic E-state index is 5.63. The van der Waals surface area contributed by atoms with Crippen LogP contribution >= 0.6 is 11.6 Å². The van der Waals surface area contributed by atoms with E-state index in [0.717, 1.165) is 18.9 Å². The predicted octanol–water partition coefficient (Wildman–Crippen LogP) is 1.85. The summed E-state index contributed by atoms with van der Waals surface area (Å²) in [4.78, 5) is 0. The molecule has 1 nitrogen and oxygen atoms in total.